The van der Waals surface area contributed by atoms with Crippen LogP contribution < -0.4 is 38.5 Å². The van der Waals surface area contributed by atoms with E-state index < -0.39 is 26.8 Å². The number of allylic oxidation sites excluding steroid dienone is 1. The minimum Gasteiger partial charge on any atom is -1.00 e. The van der Waals surface area contributed by atoms with Crippen LogP contribution in [-0.4, -0.2) is 5.92 Å². The molecule has 3 aliphatic rings. The molecule has 4 aromatic carbocycles. The number of aryl methyl sites for hydroxylation is 1. The van der Waals surface area contributed by atoms with E-state index in [1.54, 1.807) is 33.0 Å². The molecule has 0 saturated carbocycles. The molecule has 0 radical (unpaired) electrons. The Morgan fingerprint density at radius 3 is 2.20 bits per heavy atom. The molecule has 1 aliphatic carbocycles. The Balaban J connectivity index is 0.00000169. The molecular formula is C37H39Cl2SiZr. The predicted octanol–water partition coefficient (Wildman–Crippen LogP) is 1.70. The van der Waals surface area contributed by atoms with Crippen LogP contribution in [0.4, 0.5) is 0 Å². The molecule has 0 saturated heterocycles. The standard InChI is InChI=1S/C25H31.C12H8Si.2ClH.Zr/c1-7-10-18-13-14-19-15-20(25(4,5)6)16-23(19)24(18)22-12-9-8-11-21(22)17(2)3;1-3-7-11-9(5-1)10-6-2-4-8-12(10)13-11;;;/h8-9,11-17H,7,10H2,1-6H3;1-7,13H;2*1H;/q;;;;+2/p-2. The molecule has 2 aliphatic heterocycles. The van der Waals surface area contributed by atoms with Crippen LogP contribution in [-0.2, 0) is 27.3 Å². The van der Waals surface area contributed by atoms with Gasteiger partial charge < -0.3 is 24.8 Å². The summed E-state index contributed by atoms with van der Waals surface area (Å²) in [7, 11) is 0. The topological polar surface area (TPSA) is 0 Å². The van der Waals surface area contributed by atoms with Gasteiger partial charge in [0.05, 0.1) is 0 Å². The molecular weight excluding hydrogens is 635 g/mol. The average molecular weight is 674 g/mol. The van der Waals surface area contributed by atoms with Gasteiger partial charge in [-0.25, -0.2) is 0 Å². The summed E-state index contributed by atoms with van der Waals surface area (Å²) in [6, 6.07) is 31.1. The normalized spacial score (nSPS) is 17.6. The van der Waals surface area contributed by atoms with Gasteiger partial charge in [-0.05, 0) is 0 Å². The molecule has 0 amide bonds. The SMILES string of the molecule is CCCc1ccc2c(c1-c1ccccc1C(C)C)C=C(C(C)(C)C)[CH]2[Zr+2]1[c]2cccc3c2[SiH]1c1ccccc1-3.[Cl-].[Cl-]. The number of benzene rings is 4. The first-order valence-electron chi connectivity index (χ1n) is 14.9. The van der Waals surface area contributed by atoms with E-state index in [4.69, 9.17) is 0 Å². The fourth-order valence-electron chi connectivity index (χ4n) is 7.74. The molecule has 0 N–H and O–H groups in total. The zero-order valence-electron chi connectivity index (χ0n) is 25.0. The summed E-state index contributed by atoms with van der Waals surface area (Å²) in [6.45, 7) is 14.4. The van der Waals surface area contributed by atoms with Crippen molar-refractivity contribution in [2.75, 3.05) is 0 Å². The first-order chi connectivity index (χ1) is 18.8. The smallest absolute Gasteiger partial charge is 1.00 e. The van der Waals surface area contributed by atoms with E-state index in [2.05, 4.69) is 126 Å². The maximum Gasteiger partial charge on any atom is -1.00 e. The summed E-state index contributed by atoms with van der Waals surface area (Å²) in [5.41, 5.74) is 14.3. The molecule has 0 nitrogen and oxygen atoms in total. The molecule has 2 unspecified atom stereocenters. The van der Waals surface area contributed by atoms with Gasteiger partial charge in [0.1, 0.15) is 0 Å². The second kappa shape index (κ2) is 11.4. The van der Waals surface area contributed by atoms with Crippen molar-refractivity contribution in [1.29, 1.82) is 0 Å². The van der Waals surface area contributed by atoms with Crippen LogP contribution in [0.5, 0.6) is 0 Å². The number of hydrogen-bond donors (Lipinski definition) is 0. The molecule has 0 aromatic heterocycles. The predicted molar refractivity (Wildman–Crippen MR) is 168 cm³/mol. The van der Waals surface area contributed by atoms with Crippen LogP contribution >= 0.6 is 0 Å². The van der Waals surface area contributed by atoms with Crippen LogP contribution in [0.1, 0.15) is 79.8 Å². The summed E-state index contributed by atoms with van der Waals surface area (Å²) in [6.07, 6.45) is 5.01. The van der Waals surface area contributed by atoms with Gasteiger partial charge in [-0.2, -0.15) is 0 Å². The summed E-state index contributed by atoms with van der Waals surface area (Å²) in [5, 5.41) is 3.58. The molecule has 41 heavy (non-hydrogen) atoms. The van der Waals surface area contributed by atoms with Gasteiger partial charge in [0, 0.05) is 0 Å². The second-order valence-corrected chi connectivity index (χ2v) is 28.1. The van der Waals surface area contributed by atoms with Crippen LogP contribution in [0.15, 0.2) is 84.4 Å². The fourth-order valence-corrected chi connectivity index (χ4v) is 34.3. The first-order valence-corrected chi connectivity index (χ1v) is 23.5. The molecule has 4 heteroatoms. The van der Waals surface area contributed by atoms with Gasteiger partial charge in [0.25, 0.3) is 0 Å². The monoisotopic (exact) mass is 671 g/mol. The zero-order valence-corrected chi connectivity index (χ0v) is 30.1. The molecule has 209 valence electrons. The maximum absolute atomic E-state index is 2.69. The molecule has 7 rings (SSSR count). The number of halogens is 2. The van der Waals surface area contributed by atoms with Crippen molar-refractivity contribution < 1.29 is 45.7 Å². The van der Waals surface area contributed by atoms with Crippen LogP contribution in [0.3, 0.4) is 0 Å². The third-order valence-electron chi connectivity index (χ3n) is 9.41. The summed E-state index contributed by atoms with van der Waals surface area (Å²) < 4.78 is 2.49. The molecule has 2 heterocycles. The minimum absolute atomic E-state index is 0. The Bertz CT molecular complexity index is 1660. The fraction of sp³-hybridized carbons (Fsp3) is 0.297. The third kappa shape index (κ3) is 4.64. The van der Waals surface area contributed by atoms with Gasteiger partial charge in [-0.15, -0.1) is 0 Å². The van der Waals surface area contributed by atoms with Gasteiger partial charge >= 0.3 is 245 Å². The largest absolute Gasteiger partial charge is 1.00 e. The Morgan fingerprint density at radius 2 is 1.49 bits per heavy atom. The van der Waals surface area contributed by atoms with E-state index in [0.717, 1.165) is 6.42 Å². The van der Waals surface area contributed by atoms with Crippen LogP contribution in [0, 0.1) is 5.41 Å². The van der Waals surface area contributed by atoms with Gasteiger partial charge in [0.15, 0.2) is 0 Å². The summed E-state index contributed by atoms with van der Waals surface area (Å²) in [5.74, 6) is -0.598. The number of fused-ring (bicyclic) bond motifs is 4. The van der Waals surface area contributed by atoms with Crippen molar-refractivity contribution in [3.63, 3.8) is 0 Å². The van der Waals surface area contributed by atoms with Crippen LogP contribution in [0.25, 0.3) is 28.3 Å². The van der Waals surface area contributed by atoms with Crippen molar-refractivity contribution in [2.24, 2.45) is 5.41 Å². The van der Waals surface area contributed by atoms with E-state index in [1.165, 1.54) is 28.7 Å². The van der Waals surface area contributed by atoms with Crippen molar-refractivity contribution in [2.45, 2.75) is 63.9 Å². The zero-order chi connectivity index (χ0) is 27.1. The Labute approximate surface area is 267 Å². The van der Waals surface area contributed by atoms with Gasteiger partial charge in [-0.1, -0.05) is 0 Å². The van der Waals surface area contributed by atoms with E-state index in [0.29, 0.717) is 9.54 Å². The molecule has 4 aromatic rings. The van der Waals surface area contributed by atoms with E-state index in [-0.39, 0.29) is 30.2 Å². The molecule has 2 atom stereocenters. The molecule has 0 spiro atoms. The molecule has 0 fully saturated rings. The average Bonchev–Trinajstić information content (AvgIpc) is 3.44. The van der Waals surface area contributed by atoms with Crippen molar-refractivity contribution in [3.8, 4) is 22.3 Å². The Morgan fingerprint density at radius 1 is 0.805 bits per heavy atom. The Hall–Kier alpha value is -1.70. The maximum atomic E-state index is 2.69. The number of hydrogen-bond acceptors (Lipinski definition) is 0. The quantitative estimate of drug-likeness (QED) is 0.283. The number of rotatable bonds is 5. The van der Waals surface area contributed by atoms with E-state index in [9.17, 15) is 0 Å². The van der Waals surface area contributed by atoms with Gasteiger partial charge in [-0.3, -0.25) is 0 Å². The van der Waals surface area contributed by atoms with E-state index >= 15 is 0 Å². The third-order valence-corrected chi connectivity index (χ3v) is 31.6. The van der Waals surface area contributed by atoms with Gasteiger partial charge in [0.2, 0.25) is 0 Å². The minimum atomic E-state index is -2.04. The summed E-state index contributed by atoms with van der Waals surface area (Å²) in [4.78, 5) is 0. The van der Waals surface area contributed by atoms with Crippen molar-refractivity contribution >= 4 is 25.6 Å². The Kier molecular flexibility index (Phi) is 8.57. The summed E-state index contributed by atoms with van der Waals surface area (Å²) >= 11 is -2.04. The first kappa shape index (κ1) is 30.7. The van der Waals surface area contributed by atoms with Crippen molar-refractivity contribution in [3.05, 3.63) is 107 Å². The van der Waals surface area contributed by atoms with Crippen LogP contribution in [0.2, 0.25) is 0 Å². The van der Waals surface area contributed by atoms with Crippen molar-refractivity contribution in [1.82, 2.24) is 0 Å². The van der Waals surface area contributed by atoms with E-state index in [1.807, 2.05) is 8.46 Å². The molecule has 0 bridgehead atoms. The second-order valence-electron chi connectivity index (χ2n) is 13.1.